The van der Waals surface area contributed by atoms with Crippen molar-refractivity contribution in [1.82, 2.24) is 10.2 Å². The summed E-state index contributed by atoms with van der Waals surface area (Å²) in [7, 11) is 1.37. The molecule has 150 valence electrons. The summed E-state index contributed by atoms with van der Waals surface area (Å²) in [5.41, 5.74) is 1.02. The van der Waals surface area contributed by atoms with Crippen LogP contribution in [-0.4, -0.2) is 56.2 Å². The molecule has 1 fully saturated rings. The third-order valence-corrected chi connectivity index (χ3v) is 4.36. The molecule has 0 bridgehead atoms. The molecule has 1 aromatic carbocycles. The summed E-state index contributed by atoms with van der Waals surface area (Å²) >= 11 is 6.09. The van der Waals surface area contributed by atoms with E-state index in [2.05, 4.69) is 10.6 Å². The number of urea groups is 1. The second kappa shape index (κ2) is 9.27. The average Bonchev–Trinajstić information content (AvgIpc) is 2.98. The topological polar surface area (TPSA) is 64.7 Å². The summed E-state index contributed by atoms with van der Waals surface area (Å²) in [6, 6.07) is 4.43. The Morgan fingerprint density at radius 3 is 2.74 bits per heavy atom. The van der Waals surface area contributed by atoms with Gasteiger partial charge in [-0.3, -0.25) is 9.69 Å². The van der Waals surface area contributed by atoms with Crippen molar-refractivity contribution in [1.29, 1.82) is 0 Å². The first kappa shape index (κ1) is 21.3. The number of alkyl halides is 3. The van der Waals surface area contributed by atoms with Crippen LogP contribution in [-0.2, 0) is 4.79 Å². The van der Waals surface area contributed by atoms with Crippen LogP contribution in [0.25, 0.3) is 0 Å². The Labute approximate surface area is 160 Å². The maximum Gasteiger partial charge on any atom is 0.401 e. The fraction of sp³-hybridized carbons (Fsp3) is 0.529. The molecule has 0 unspecified atom stereocenters. The van der Waals surface area contributed by atoms with Crippen LogP contribution in [0.2, 0.25) is 5.02 Å². The van der Waals surface area contributed by atoms with E-state index in [-0.39, 0.29) is 19.0 Å². The summed E-state index contributed by atoms with van der Waals surface area (Å²) in [5.74, 6) is 0.0238. The molecule has 6 nitrogen and oxygen atoms in total. The van der Waals surface area contributed by atoms with Gasteiger partial charge in [-0.05, 0) is 44.6 Å². The molecule has 0 atom stereocenters. The second-order valence-corrected chi connectivity index (χ2v) is 6.81. The SMILES string of the molecule is CN(CCCNC(=O)Nc1cc(N2CCCC2=O)ccc1Cl)CC(F)(F)F. The van der Waals surface area contributed by atoms with E-state index in [1.54, 1.807) is 23.1 Å². The zero-order valence-corrected chi connectivity index (χ0v) is 15.7. The van der Waals surface area contributed by atoms with Crippen LogP contribution in [0.4, 0.5) is 29.3 Å². The lowest BCUT2D eigenvalue weighted by molar-refractivity contribution is -0.143. The lowest BCUT2D eigenvalue weighted by Crippen LogP contribution is -2.35. The highest BCUT2D eigenvalue weighted by atomic mass is 35.5. The van der Waals surface area contributed by atoms with E-state index in [0.29, 0.717) is 35.8 Å². The third-order valence-electron chi connectivity index (χ3n) is 4.03. The minimum Gasteiger partial charge on any atom is -0.338 e. The predicted molar refractivity (Wildman–Crippen MR) is 98.2 cm³/mol. The molecule has 1 aliphatic heterocycles. The molecule has 3 amide bonds. The van der Waals surface area contributed by atoms with Crippen molar-refractivity contribution in [3.8, 4) is 0 Å². The number of amides is 3. The van der Waals surface area contributed by atoms with Crippen LogP contribution in [0.3, 0.4) is 0 Å². The van der Waals surface area contributed by atoms with Crippen LogP contribution in [0.1, 0.15) is 19.3 Å². The largest absolute Gasteiger partial charge is 0.401 e. The summed E-state index contributed by atoms with van der Waals surface area (Å²) in [6.07, 6.45) is -2.59. The minimum atomic E-state index is -4.24. The molecular weight excluding hydrogens is 385 g/mol. The zero-order valence-electron chi connectivity index (χ0n) is 14.9. The van der Waals surface area contributed by atoms with Gasteiger partial charge in [0.15, 0.2) is 0 Å². The van der Waals surface area contributed by atoms with Gasteiger partial charge >= 0.3 is 12.2 Å². The van der Waals surface area contributed by atoms with Gasteiger partial charge in [-0.15, -0.1) is 0 Å². The number of carbonyl (C=O) groups excluding carboxylic acids is 2. The number of hydrogen-bond acceptors (Lipinski definition) is 3. The third kappa shape index (κ3) is 6.91. The number of carbonyl (C=O) groups is 2. The first-order chi connectivity index (χ1) is 12.7. The second-order valence-electron chi connectivity index (χ2n) is 6.40. The van der Waals surface area contributed by atoms with Gasteiger partial charge in [0.2, 0.25) is 5.91 Å². The highest BCUT2D eigenvalue weighted by molar-refractivity contribution is 6.33. The minimum absolute atomic E-state index is 0.0238. The van der Waals surface area contributed by atoms with Gasteiger partial charge in [-0.1, -0.05) is 11.6 Å². The smallest absolute Gasteiger partial charge is 0.338 e. The molecule has 2 N–H and O–H groups in total. The summed E-state index contributed by atoms with van der Waals surface area (Å²) in [4.78, 5) is 26.6. The fourth-order valence-corrected chi connectivity index (χ4v) is 2.97. The van der Waals surface area contributed by atoms with Crippen LogP contribution in [0.15, 0.2) is 18.2 Å². The highest BCUT2D eigenvalue weighted by Crippen LogP contribution is 2.29. The van der Waals surface area contributed by atoms with Crippen molar-refractivity contribution in [3.63, 3.8) is 0 Å². The zero-order chi connectivity index (χ0) is 20.0. The molecule has 10 heteroatoms. The van der Waals surface area contributed by atoms with Gasteiger partial charge in [0.1, 0.15) is 0 Å². The first-order valence-electron chi connectivity index (χ1n) is 8.56. The van der Waals surface area contributed by atoms with E-state index >= 15 is 0 Å². The number of nitrogens with zero attached hydrogens (tertiary/aromatic N) is 2. The van der Waals surface area contributed by atoms with E-state index in [0.717, 1.165) is 11.3 Å². The predicted octanol–water partition coefficient (Wildman–Crippen LogP) is 3.47. The lowest BCUT2D eigenvalue weighted by atomic mass is 10.2. The van der Waals surface area contributed by atoms with Gasteiger partial charge in [-0.25, -0.2) is 4.79 Å². The maximum atomic E-state index is 12.2. The average molecular weight is 407 g/mol. The fourth-order valence-electron chi connectivity index (χ4n) is 2.80. The van der Waals surface area contributed by atoms with E-state index in [4.69, 9.17) is 11.6 Å². The summed E-state index contributed by atoms with van der Waals surface area (Å²) < 4.78 is 36.7. The van der Waals surface area contributed by atoms with Crippen molar-refractivity contribution < 1.29 is 22.8 Å². The molecule has 0 spiro atoms. The van der Waals surface area contributed by atoms with Crippen molar-refractivity contribution >= 4 is 34.9 Å². The van der Waals surface area contributed by atoms with Crippen molar-refractivity contribution in [2.45, 2.75) is 25.4 Å². The summed E-state index contributed by atoms with van der Waals surface area (Å²) in [5, 5.41) is 5.50. The Bertz CT molecular complexity index is 685. The molecule has 0 radical (unpaired) electrons. The molecule has 1 aromatic rings. The Kier molecular flexibility index (Phi) is 7.32. The van der Waals surface area contributed by atoms with Gasteiger partial charge < -0.3 is 15.5 Å². The molecule has 1 heterocycles. The van der Waals surface area contributed by atoms with Crippen molar-refractivity contribution in [2.75, 3.05) is 43.4 Å². The van der Waals surface area contributed by atoms with E-state index in [9.17, 15) is 22.8 Å². The van der Waals surface area contributed by atoms with Crippen LogP contribution >= 0.6 is 11.6 Å². The Morgan fingerprint density at radius 1 is 1.37 bits per heavy atom. The molecule has 2 rings (SSSR count). The number of rotatable bonds is 7. The normalized spacial score (nSPS) is 14.7. The molecule has 0 aromatic heterocycles. The molecule has 27 heavy (non-hydrogen) atoms. The van der Waals surface area contributed by atoms with E-state index < -0.39 is 18.8 Å². The number of hydrogen-bond donors (Lipinski definition) is 2. The highest BCUT2D eigenvalue weighted by Gasteiger charge is 2.28. The Hall–Kier alpha value is -2.00. The Morgan fingerprint density at radius 2 is 2.11 bits per heavy atom. The molecule has 0 saturated carbocycles. The van der Waals surface area contributed by atoms with Crippen molar-refractivity contribution in [2.24, 2.45) is 0 Å². The molecule has 1 aliphatic rings. The molecule has 1 saturated heterocycles. The molecular formula is C17H22ClF3N4O2. The lowest BCUT2D eigenvalue weighted by Gasteiger charge is -2.19. The number of halogens is 4. The van der Waals surface area contributed by atoms with Crippen LogP contribution < -0.4 is 15.5 Å². The van der Waals surface area contributed by atoms with Gasteiger partial charge in [-0.2, -0.15) is 13.2 Å². The van der Waals surface area contributed by atoms with Gasteiger partial charge in [0.25, 0.3) is 0 Å². The number of benzene rings is 1. The first-order valence-corrected chi connectivity index (χ1v) is 8.93. The standard InChI is InChI=1S/C17H22ClF3N4O2/c1-24(11-17(19,20)21)8-3-7-22-16(27)23-14-10-12(5-6-13(14)18)25-9-2-4-15(25)26/h5-6,10H,2-4,7-9,11H2,1H3,(H2,22,23,27). The summed E-state index contributed by atoms with van der Waals surface area (Å²) in [6.45, 7) is 0.0530. The van der Waals surface area contributed by atoms with Crippen molar-refractivity contribution in [3.05, 3.63) is 23.2 Å². The van der Waals surface area contributed by atoms with Gasteiger partial charge in [0.05, 0.1) is 17.3 Å². The maximum absolute atomic E-state index is 12.2. The molecule has 0 aliphatic carbocycles. The van der Waals surface area contributed by atoms with E-state index in [1.165, 1.54) is 7.05 Å². The van der Waals surface area contributed by atoms with Crippen LogP contribution in [0.5, 0.6) is 0 Å². The quantitative estimate of drug-likeness (QED) is 0.681. The van der Waals surface area contributed by atoms with E-state index in [1.807, 2.05) is 0 Å². The monoisotopic (exact) mass is 406 g/mol. The van der Waals surface area contributed by atoms with Gasteiger partial charge in [0, 0.05) is 25.2 Å². The van der Waals surface area contributed by atoms with Crippen LogP contribution in [0, 0.1) is 0 Å². The number of anilines is 2. The Balaban J connectivity index is 1.81. The number of nitrogens with one attached hydrogen (secondary N) is 2.